The van der Waals surface area contributed by atoms with Crippen molar-refractivity contribution in [3.05, 3.63) is 0 Å². The highest BCUT2D eigenvalue weighted by molar-refractivity contribution is 5.93. The molecule has 4 fully saturated rings. The molecule has 0 aromatic carbocycles. The summed E-state index contributed by atoms with van der Waals surface area (Å²) >= 11 is 0. The Morgan fingerprint density at radius 2 is 1.04 bits per heavy atom. The average molecular weight is 378 g/mol. The van der Waals surface area contributed by atoms with Gasteiger partial charge >= 0.3 is 23.9 Å². The van der Waals surface area contributed by atoms with Gasteiger partial charge in [0, 0.05) is 0 Å². The maximum Gasteiger partial charge on any atom is 0.317 e. The Balaban J connectivity index is 1.49. The molecular weight excluding hydrogens is 352 g/mol. The van der Waals surface area contributed by atoms with Crippen molar-refractivity contribution >= 4 is 23.9 Å². The van der Waals surface area contributed by atoms with E-state index in [-0.39, 0.29) is 35.5 Å². The van der Waals surface area contributed by atoms with Gasteiger partial charge in [-0.25, -0.2) is 0 Å². The van der Waals surface area contributed by atoms with Gasteiger partial charge in [-0.05, 0) is 61.2 Å². The van der Waals surface area contributed by atoms with E-state index in [1.165, 1.54) is 0 Å². The van der Waals surface area contributed by atoms with Crippen molar-refractivity contribution in [2.24, 2.45) is 59.2 Å². The number of carbonyl (C=O) groups is 4. The number of hydrogen-bond donors (Lipinski definition) is 2. The first-order valence-electron chi connectivity index (χ1n) is 9.91. The molecule has 0 radical (unpaired) electrons. The van der Waals surface area contributed by atoms with Crippen LogP contribution in [0.5, 0.6) is 0 Å². The fourth-order valence-electron chi connectivity index (χ4n) is 6.95. The normalized spacial score (nSPS) is 47.2. The molecule has 0 amide bonds. The number of rotatable bonds is 4. The molecule has 0 saturated heterocycles. The summed E-state index contributed by atoms with van der Waals surface area (Å²) in [5.74, 6) is -6.54. The zero-order chi connectivity index (χ0) is 19.6. The van der Waals surface area contributed by atoms with Crippen LogP contribution in [0.4, 0.5) is 0 Å². The fraction of sp³-hybridized carbons (Fsp3) is 0.800. The molecule has 4 rings (SSSR count). The van der Waals surface area contributed by atoms with Crippen LogP contribution in [0.2, 0.25) is 0 Å². The highest BCUT2D eigenvalue weighted by Crippen LogP contribution is 2.57. The summed E-state index contributed by atoms with van der Waals surface area (Å²) in [7, 11) is 0. The molecule has 148 valence electrons. The molecule has 4 saturated carbocycles. The predicted molar refractivity (Wildman–Crippen MR) is 91.1 cm³/mol. The maximum atomic E-state index is 12.7. The Bertz CT molecular complexity index is 642. The average Bonchev–Trinajstić information content (AvgIpc) is 3.30. The first-order valence-corrected chi connectivity index (χ1v) is 9.91. The van der Waals surface area contributed by atoms with Crippen LogP contribution in [0.3, 0.4) is 0 Å². The highest BCUT2D eigenvalue weighted by Gasteiger charge is 2.60. The summed E-state index contributed by atoms with van der Waals surface area (Å²) in [5, 5.41) is 19.2. The van der Waals surface area contributed by atoms with E-state index in [2.05, 4.69) is 0 Å². The summed E-state index contributed by atoms with van der Waals surface area (Å²) in [6, 6.07) is 0. The van der Waals surface area contributed by atoms with Gasteiger partial charge in [0.25, 0.3) is 0 Å². The third kappa shape index (κ3) is 2.69. The number of ether oxygens (including phenoxy) is 1. The first kappa shape index (κ1) is 18.4. The van der Waals surface area contributed by atoms with Gasteiger partial charge in [-0.3, -0.25) is 19.2 Å². The number of carbonyl (C=O) groups excluding carboxylic acids is 2. The Hall–Kier alpha value is -1.92. The van der Waals surface area contributed by atoms with Crippen molar-refractivity contribution in [2.75, 3.05) is 0 Å². The number of hydrogen-bond acceptors (Lipinski definition) is 5. The fourth-order valence-corrected chi connectivity index (χ4v) is 6.95. The van der Waals surface area contributed by atoms with Gasteiger partial charge in [-0.2, -0.15) is 0 Å². The van der Waals surface area contributed by atoms with Crippen molar-refractivity contribution in [1.82, 2.24) is 0 Å². The second-order valence-electron chi connectivity index (χ2n) is 9.26. The lowest BCUT2D eigenvalue weighted by molar-refractivity contribution is -0.175. The number of carboxylic acid groups (broad SMARTS) is 2. The van der Waals surface area contributed by atoms with E-state index in [4.69, 9.17) is 4.74 Å². The van der Waals surface area contributed by atoms with Gasteiger partial charge in [-0.15, -0.1) is 0 Å². The van der Waals surface area contributed by atoms with Crippen molar-refractivity contribution < 1.29 is 34.1 Å². The molecule has 0 aromatic heterocycles. The lowest BCUT2D eigenvalue weighted by Crippen LogP contribution is -2.42. The van der Waals surface area contributed by atoms with E-state index in [0.717, 1.165) is 12.8 Å². The van der Waals surface area contributed by atoms with Crippen LogP contribution >= 0.6 is 0 Å². The largest absolute Gasteiger partial charge is 0.481 e. The smallest absolute Gasteiger partial charge is 0.317 e. The van der Waals surface area contributed by atoms with Crippen molar-refractivity contribution in [1.29, 1.82) is 0 Å². The van der Waals surface area contributed by atoms with Crippen molar-refractivity contribution in [3.8, 4) is 0 Å². The summed E-state index contributed by atoms with van der Waals surface area (Å²) < 4.78 is 5.15. The molecule has 4 aliphatic rings. The van der Waals surface area contributed by atoms with Crippen LogP contribution in [-0.2, 0) is 23.9 Å². The monoisotopic (exact) mass is 378 g/mol. The zero-order valence-electron chi connectivity index (χ0n) is 15.5. The Labute approximate surface area is 157 Å². The molecule has 0 spiro atoms. The lowest BCUT2D eigenvalue weighted by atomic mass is 9.74. The van der Waals surface area contributed by atoms with Crippen LogP contribution < -0.4 is 0 Å². The van der Waals surface area contributed by atoms with Gasteiger partial charge in [0.1, 0.15) is 0 Å². The SMILES string of the molecule is CC1CC2CC1C(C(=O)O)C2C(=O)OC(=O)C1C2CC(C)C(C2)C1C(=O)O. The molecule has 10 unspecified atom stereocenters. The molecule has 0 aromatic rings. The molecule has 10 atom stereocenters. The van der Waals surface area contributed by atoms with E-state index in [0.29, 0.717) is 12.8 Å². The van der Waals surface area contributed by atoms with Crippen molar-refractivity contribution in [3.63, 3.8) is 0 Å². The molecule has 27 heavy (non-hydrogen) atoms. The number of esters is 2. The van der Waals surface area contributed by atoms with Gasteiger partial charge in [0.05, 0.1) is 23.7 Å². The van der Waals surface area contributed by atoms with E-state index < -0.39 is 47.5 Å². The third-order valence-corrected chi connectivity index (χ3v) is 7.99. The summed E-state index contributed by atoms with van der Waals surface area (Å²) in [6.07, 6.45) is 2.89. The van der Waals surface area contributed by atoms with Gasteiger partial charge in [0.15, 0.2) is 0 Å². The van der Waals surface area contributed by atoms with Crippen LogP contribution in [0, 0.1) is 59.2 Å². The maximum absolute atomic E-state index is 12.7. The van der Waals surface area contributed by atoms with E-state index in [1.807, 2.05) is 13.8 Å². The predicted octanol–water partition coefficient (Wildman–Crippen LogP) is 2.04. The Morgan fingerprint density at radius 3 is 1.37 bits per heavy atom. The molecule has 7 heteroatoms. The standard InChI is InChI=1S/C20H26O7/c1-7-3-9-5-11(7)15(17(21)22)13(9)19(25)27-20(26)14-10-4-8(2)12(6-10)16(14)18(23)24/h7-16H,3-6H2,1-2H3,(H,21,22)(H,23,24). The van der Waals surface area contributed by atoms with E-state index in [9.17, 15) is 29.4 Å². The summed E-state index contributed by atoms with van der Waals surface area (Å²) in [5.41, 5.74) is 0. The first-order chi connectivity index (χ1) is 12.7. The van der Waals surface area contributed by atoms with Gasteiger partial charge < -0.3 is 14.9 Å². The molecular formula is C20H26O7. The number of carboxylic acids is 2. The number of aliphatic carboxylic acids is 2. The third-order valence-electron chi connectivity index (χ3n) is 7.99. The molecule has 0 aliphatic heterocycles. The van der Waals surface area contributed by atoms with Crippen LogP contribution in [0.15, 0.2) is 0 Å². The Kier molecular flexibility index (Phi) is 4.31. The second kappa shape index (κ2) is 6.31. The van der Waals surface area contributed by atoms with Crippen LogP contribution in [0.25, 0.3) is 0 Å². The summed E-state index contributed by atoms with van der Waals surface area (Å²) in [4.78, 5) is 48.8. The molecule has 4 aliphatic carbocycles. The highest BCUT2D eigenvalue weighted by atomic mass is 16.6. The minimum Gasteiger partial charge on any atom is -0.481 e. The molecule has 4 bridgehead atoms. The Morgan fingerprint density at radius 1 is 0.667 bits per heavy atom. The minimum atomic E-state index is -1.01. The molecule has 0 heterocycles. The number of fused-ring (bicyclic) bond motifs is 4. The van der Waals surface area contributed by atoms with Crippen LogP contribution in [-0.4, -0.2) is 34.1 Å². The lowest BCUT2D eigenvalue weighted by Gasteiger charge is -2.32. The van der Waals surface area contributed by atoms with E-state index in [1.54, 1.807) is 0 Å². The zero-order valence-corrected chi connectivity index (χ0v) is 15.5. The second-order valence-corrected chi connectivity index (χ2v) is 9.26. The van der Waals surface area contributed by atoms with Gasteiger partial charge in [-0.1, -0.05) is 13.8 Å². The van der Waals surface area contributed by atoms with E-state index >= 15 is 0 Å². The van der Waals surface area contributed by atoms with Crippen LogP contribution in [0.1, 0.15) is 39.5 Å². The van der Waals surface area contributed by atoms with Gasteiger partial charge in [0.2, 0.25) is 0 Å². The molecule has 2 N–H and O–H groups in total. The summed E-state index contributed by atoms with van der Waals surface area (Å²) in [6.45, 7) is 4.00. The topological polar surface area (TPSA) is 118 Å². The van der Waals surface area contributed by atoms with Crippen molar-refractivity contribution in [2.45, 2.75) is 39.5 Å². The molecule has 7 nitrogen and oxygen atoms in total. The quantitative estimate of drug-likeness (QED) is 0.568. The minimum absolute atomic E-state index is 0.0599.